The maximum Gasteiger partial charge on any atom is 0.276 e. The Morgan fingerprint density at radius 3 is 2.48 bits per heavy atom. The van der Waals surface area contributed by atoms with Crippen LogP contribution in [0.3, 0.4) is 0 Å². The third-order valence-corrected chi connectivity index (χ3v) is 4.98. The largest absolute Gasteiger partial charge is 0.355 e. The molecular weight excluding hydrogens is 368 g/mol. The Morgan fingerprint density at radius 1 is 1.11 bits per heavy atom. The molecule has 0 saturated heterocycles. The molecule has 0 unspecified atom stereocenters. The second-order valence-electron chi connectivity index (χ2n) is 6.03. The Bertz CT molecular complexity index is 1170. The number of rotatable bonds is 4. The van der Waals surface area contributed by atoms with Gasteiger partial charge in [0.2, 0.25) is 15.0 Å². The third-order valence-electron chi connectivity index (χ3n) is 4.03. The van der Waals surface area contributed by atoms with Gasteiger partial charge in [0.05, 0.1) is 5.52 Å². The smallest absolute Gasteiger partial charge is 0.276 e. The fraction of sp³-hybridized carbons (Fsp3) is 0.167. The van der Waals surface area contributed by atoms with E-state index in [2.05, 4.69) is 15.6 Å². The lowest BCUT2D eigenvalue weighted by molar-refractivity contribution is 0.0962. The molecule has 140 valence electrons. The third kappa shape index (κ3) is 3.54. The van der Waals surface area contributed by atoms with Gasteiger partial charge in [0, 0.05) is 30.8 Å². The van der Waals surface area contributed by atoms with E-state index in [0.29, 0.717) is 22.3 Å². The van der Waals surface area contributed by atoms with Gasteiger partial charge in [-0.3, -0.25) is 14.0 Å². The maximum atomic E-state index is 12.7. The van der Waals surface area contributed by atoms with Crippen molar-refractivity contribution in [3.8, 4) is 0 Å². The van der Waals surface area contributed by atoms with Crippen LogP contribution in [0.25, 0.3) is 5.52 Å². The van der Waals surface area contributed by atoms with Crippen LogP contribution in [-0.4, -0.2) is 42.9 Å². The average molecular weight is 386 g/mol. The number of carbonyl (C=O) groups is 2. The van der Waals surface area contributed by atoms with Crippen LogP contribution in [0.1, 0.15) is 26.4 Å². The molecule has 0 atom stereocenters. The minimum Gasteiger partial charge on any atom is -0.355 e. The molecule has 9 heteroatoms. The highest BCUT2D eigenvalue weighted by atomic mass is 32.2. The molecule has 0 bridgehead atoms. The fourth-order valence-corrected chi connectivity index (χ4v) is 3.48. The number of pyridine rings is 1. The highest BCUT2D eigenvalue weighted by molar-refractivity contribution is 7.90. The molecule has 2 amide bonds. The zero-order valence-corrected chi connectivity index (χ0v) is 15.8. The first-order valence-electron chi connectivity index (χ1n) is 8.03. The van der Waals surface area contributed by atoms with Crippen LogP contribution < -0.4 is 10.6 Å². The number of fused-ring (bicyclic) bond motifs is 1. The predicted molar refractivity (Wildman–Crippen MR) is 101 cm³/mol. The van der Waals surface area contributed by atoms with Crippen molar-refractivity contribution in [1.29, 1.82) is 0 Å². The zero-order chi connectivity index (χ0) is 19.8. The van der Waals surface area contributed by atoms with Gasteiger partial charge in [0.1, 0.15) is 0 Å². The Morgan fingerprint density at radius 2 is 1.85 bits per heavy atom. The lowest BCUT2D eigenvalue weighted by Gasteiger charge is -2.09. The lowest BCUT2D eigenvalue weighted by Crippen LogP contribution is -2.18. The molecule has 2 N–H and O–H groups in total. The molecule has 8 nitrogen and oxygen atoms in total. The molecule has 3 aromatic rings. The summed E-state index contributed by atoms with van der Waals surface area (Å²) in [5.74, 6) is -0.766. The molecular formula is C18H18N4O4S. The van der Waals surface area contributed by atoms with Crippen molar-refractivity contribution >= 4 is 32.9 Å². The summed E-state index contributed by atoms with van der Waals surface area (Å²) in [5.41, 5.74) is 2.06. The van der Waals surface area contributed by atoms with Crippen LogP contribution in [0.4, 0.5) is 5.69 Å². The molecule has 0 fully saturated rings. The van der Waals surface area contributed by atoms with Crippen molar-refractivity contribution in [3.63, 3.8) is 0 Å². The molecule has 0 spiro atoms. The quantitative estimate of drug-likeness (QED) is 0.709. The first-order chi connectivity index (χ1) is 12.7. The van der Waals surface area contributed by atoms with Crippen LogP contribution in [-0.2, 0) is 9.84 Å². The normalized spacial score (nSPS) is 11.4. The van der Waals surface area contributed by atoms with Crippen molar-refractivity contribution in [2.24, 2.45) is 0 Å². The van der Waals surface area contributed by atoms with Gasteiger partial charge in [-0.25, -0.2) is 13.4 Å². The van der Waals surface area contributed by atoms with Gasteiger partial charge in [0.25, 0.3) is 11.8 Å². The number of aryl methyl sites for hydroxylation is 1. The first-order valence-corrected chi connectivity index (χ1v) is 9.92. The molecule has 1 aromatic carbocycles. The summed E-state index contributed by atoms with van der Waals surface area (Å²) in [6.45, 7) is 1.76. The number of nitrogens with zero attached hydrogens (tertiary/aromatic N) is 2. The standard InChI is InChI=1S/C18H18N4O4S/c1-11-10-12(16(23)19-2)7-8-13(11)20-17(24)15-14-6-4-5-9-22(14)18(21-15)27(3,25)26/h4-10H,1-3H3,(H,19,23)(H,20,24). The number of aromatic nitrogens is 2. The second kappa shape index (κ2) is 6.84. The topological polar surface area (TPSA) is 110 Å². The first kappa shape index (κ1) is 18.6. The minimum atomic E-state index is -3.61. The van der Waals surface area contributed by atoms with E-state index in [4.69, 9.17) is 0 Å². The van der Waals surface area contributed by atoms with Crippen molar-refractivity contribution in [2.45, 2.75) is 12.1 Å². The summed E-state index contributed by atoms with van der Waals surface area (Å²) < 4.78 is 25.3. The number of sulfone groups is 1. The van der Waals surface area contributed by atoms with Gasteiger partial charge in [0.15, 0.2) is 5.69 Å². The van der Waals surface area contributed by atoms with Gasteiger partial charge < -0.3 is 10.6 Å². The van der Waals surface area contributed by atoms with Crippen molar-refractivity contribution in [2.75, 3.05) is 18.6 Å². The molecule has 2 aromatic heterocycles. The Balaban J connectivity index is 1.99. The molecule has 0 aliphatic heterocycles. The summed E-state index contributed by atoms with van der Waals surface area (Å²) in [5, 5.41) is 5.06. The van der Waals surface area contributed by atoms with Crippen molar-refractivity contribution in [3.05, 3.63) is 59.4 Å². The highest BCUT2D eigenvalue weighted by Gasteiger charge is 2.23. The van der Waals surface area contributed by atoms with E-state index in [1.807, 2.05) is 0 Å². The number of nitrogens with one attached hydrogen (secondary N) is 2. The monoisotopic (exact) mass is 386 g/mol. The average Bonchev–Trinajstić information content (AvgIpc) is 3.03. The highest BCUT2D eigenvalue weighted by Crippen LogP contribution is 2.21. The fourth-order valence-electron chi connectivity index (χ4n) is 2.71. The summed E-state index contributed by atoms with van der Waals surface area (Å²) in [6, 6.07) is 9.85. The number of carbonyl (C=O) groups excluding carboxylic acids is 2. The van der Waals surface area contributed by atoms with Crippen LogP contribution in [0.5, 0.6) is 0 Å². The molecule has 2 heterocycles. The Hall–Kier alpha value is -3.20. The number of amides is 2. The van der Waals surface area contributed by atoms with Gasteiger partial charge in [-0.2, -0.15) is 0 Å². The van der Waals surface area contributed by atoms with Crippen LogP contribution in [0, 0.1) is 6.92 Å². The van der Waals surface area contributed by atoms with Gasteiger partial charge in [-0.1, -0.05) is 6.07 Å². The lowest BCUT2D eigenvalue weighted by atomic mass is 10.1. The van der Waals surface area contributed by atoms with E-state index in [9.17, 15) is 18.0 Å². The number of imidazole rings is 1. The van der Waals surface area contributed by atoms with E-state index in [0.717, 1.165) is 6.26 Å². The molecule has 3 rings (SSSR count). The van der Waals surface area contributed by atoms with Gasteiger partial charge in [-0.05, 0) is 42.8 Å². The summed E-state index contributed by atoms with van der Waals surface area (Å²) in [4.78, 5) is 28.5. The zero-order valence-electron chi connectivity index (χ0n) is 15.0. The number of hydrogen-bond acceptors (Lipinski definition) is 5. The Kier molecular flexibility index (Phi) is 4.71. The van der Waals surface area contributed by atoms with E-state index < -0.39 is 15.7 Å². The molecule has 27 heavy (non-hydrogen) atoms. The Labute approximate surface area is 156 Å². The van der Waals surface area contributed by atoms with E-state index in [-0.39, 0.29) is 16.8 Å². The maximum absolute atomic E-state index is 12.7. The minimum absolute atomic E-state index is 0.00537. The van der Waals surface area contributed by atoms with Crippen molar-refractivity contribution < 1.29 is 18.0 Å². The second-order valence-corrected chi connectivity index (χ2v) is 7.94. The number of hydrogen-bond donors (Lipinski definition) is 2. The molecule has 0 saturated carbocycles. The van der Waals surface area contributed by atoms with Crippen LogP contribution in [0.2, 0.25) is 0 Å². The van der Waals surface area contributed by atoms with E-state index in [1.54, 1.807) is 49.5 Å². The predicted octanol–water partition coefficient (Wildman–Crippen LogP) is 1.66. The molecule has 0 aliphatic rings. The van der Waals surface area contributed by atoms with E-state index in [1.165, 1.54) is 11.4 Å². The van der Waals surface area contributed by atoms with Gasteiger partial charge in [-0.15, -0.1) is 0 Å². The summed E-state index contributed by atoms with van der Waals surface area (Å²) >= 11 is 0. The molecule has 0 radical (unpaired) electrons. The van der Waals surface area contributed by atoms with Gasteiger partial charge >= 0.3 is 0 Å². The molecule has 0 aliphatic carbocycles. The van der Waals surface area contributed by atoms with Crippen LogP contribution in [0.15, 0.2) is 47.8 Å². The SMILES string of the molecule is CNC(=O)c1ccc(NC(=O)c2nc(S(C)(=O)=O)n3ccccc23)c(C)c1. The van der Waals surface area contributed by atoms with E-state index >= 15 is 0 Å². The number of benzene rings is 1. The summed E-state index contributed by atoms with van der Waals surface area (Å²) in [6.07, 6.45) is 2.58. The number of anilines is 1. The van der Waals surface area contributed by atoms with Crippen LogP contribution >= 0.6 is 0 Å². The van der Waals surface area contributed by atoms with Crippen molar-refractivity contribution in [1.82, 2.24) is 14.7 Å². The summed E-state index contributed by atoms with van der Waals surface area (Å²) in [7, 11) is -2.08.